The van der Waals surface area contributed by atoms with Crippen molar-refractivity contribution < 1.29 is 24.2 Å². The fraction of sp³-hybridized carbons (Fsp3) is 0.636. The van der Waals surface area contributed by atoms with Crippen LogP contribution < -0.4 is 4.90 Å². The van der Waals surface area contributed by atoms with Crippen molar-refractivity contribution in [2.75, 3.05) is 31.7 Å². The molecule has 0 unspecified atom stereocenters. The molecule has 0 amide bonds. The molecule has 0 atom stereocenters. The van der Waals surface area contributed by atoms with Crippen LogP contribution in [0.5, 0.6) is 0 Å². The molecule has 1 fully saturated rings. The summed E-state index contributed by atoms with van der Waals surface area (Å²) in [5, 5.41) is 19.1. The van der Waals surface area contributed by atoms with Gasteiger partial charge < -0.3 is 24.3 Å². The number of ether oxygens (including phenoxy) is 1. The van der Waals surface area contributed by atoms with Gasteiger partial charge in [-0.15, -0.1) is 0 Å². The molecule has 1 aromatic rings. The highest BCUT2D eigenvalue weighted by Gasteiger charge is 2.32. The van der Waals surface area contributed by atoms with Crippen LogP contribution in [0.25, 0.3) is 0 Å². The number of hydrogen-bond donors (Lipinski definition) is 2. The molecule has 100 valence electrons. The lowest BCUT2D eigenvalue weighted by atomic mass is 9.94. The van der Waals surface area contributed by atoms with Crippen molar-refractivity contribution in [2.24, 2.45) is 0 Å². The van der Waals surface area contributed by atoms with Crippen LogP contribution in [0.2, 0.25) is 0 Å². The minimum atomic E-state index is -1.14. The van der Waals surface area contributed by atoms with Crippen LogP contribution in [0.3, 0.4) is 0 Å². The molecule has 2 rings (SSSR count). The summed E-state index contributed by atoms with van der Waals surface area (Å²) in [7, 11) is 1.70. The van der Waals surface area contributed by atoms with Crippen molar-refractivity contribution >= 4 is 12.0 Å². The van der Waals surface area contributed by atoms with E-state index in [2.05, 4.69) is 4.98 Å². The summed E-state index contributed by atoms with van der Waals surface area (Å²) in [5.41, 5.74) is -0.985. The SMILES string of the molecule is CN(CC1(O)CCOCC1)c1nc(C(=O)O)co1. The van der Waals surface area contributed by atoms with Gasteiger partial charge in [0.05, 0.1) is 12.1 Å². The Morgan fingerprint density at radius 2 is 2.22 bits per heavy atom. The van der Waals surface area contributed by atoms with Crippen LogP contribution in [-0.2, 0) is 4.74 Å². The predicted molar refractivity (Wildman–Crippen MR) is 61.7 cm³/mol. The lowest BCUT2D eigenvalue weighted by Crippen LogP contribution is -2.45. The molecular weight excluding hydrogens is 240 g/mol. The number of rotatable bonds is 4. The van der Waals surface area contributed by atoms with Crippen LogP contribution in [0.4, 0.5) is 6.01 Å². The van der Waals surface area contributed by atoms with Gasteiger partial charge in [0.1, 0.15) is 6.26 Å². The van der Waals surface area contributed by atoms with Crippen LogP contribution in [0.15, 0.2) is 10.7 Å². The van der Waals surface area contributed by atoms with Gasteiger partial charge in [-0.3, -0.25) is 0 Å². The number of aliphatic hydroxyl groups is 1. The van der Waals surface area contributed by atoms with Crippen LogP contribution in [0, 0.1) is 0 Å². The number of anilines is 1. The normalized spacial score (nSPS) is 18.6. The first-order valence-electron chi connectivity index (χ1n) is 5.70. The summed E-state index contributed by atoms with van der Waals surface area (Å²) in [5.74, 6) is -1.14. The van der Waals surface area contributed by atoms with E-state index in [1.165, 1.54) is 0 Å². The summed E-state index contributed by atoms with van der Waals surface area (Å²) < 4.78 is 10.3. The number of aromatic carboxylic acids is 1. The third kappa shape index (κ3) is 2.80. The van der Waals surface area contributed by atoms with E-state index in [-0.39, 0.29) is 11.7 Å². The molecule has 0 saturated carbocycles. The number of oxazole rings is 1. The van der Waals surface area contributed by atoms with Gasteiger partial charge in [0.2, 0.25) is 0 Å². The third-order valence-corrected chi connectivity index (χ3v) is 2.99. The molecule has 0 bridgehead atoms. The molecule has 0 spiro atoms. The Kier molecular flexibility index (Phi) is 3.53. The highest BCUT2D eigenvalue weighted by molar-refractivity contribution is 5.85. The van der Waals surface area contributed by atoms with Gasteiger partial charge in [-0.1, -0.05) is 0 Å². The smallest absolute Gasteiger partial charge is 0.357 e. The Balaban J connectivity index is 2.01. The van der Waals surface area contributed by atoms with Gasteiger partial charge in [-0.05, 0) is 0 Å². The first kappa shape index (κ1) is 12.8. The van der Waals surface area contributed by atoms with Crippen molar-refractivity contribution in [3.63, 3.8) is 0 Å². The minimum absolute atomic E-state index is 0.143. The molecule has 7 nitrogen and oxygen atoms in total. The van der Waals surface area contributed by atoms with Crippen molar-refractivity contribution in [3.05, 3.63) is 12.0 Å². The second kappa shape index (κ2) is 4.95. The Morgan fingerprint density at radius 3 is 2.78 bits per heavy atom. The molecule has 1 aromatic heterocycles. The Morgan fingerprint density at radius 1 is 1.56 bits per heavy atom. The van der Waals surface area contributed by atoms with Crippen molar-refractivity contribution in [1.82, 2.24) is 4.98 Å². The molecule has 0 aliphatic carbocycles. The van der Waals surface area contributed by atoms with Gasteiger partial charge in [0.25, 0.3) is 6.01 Å². The summed E-state index contributed by atoms with van der Waals surface area (Å²) >= 11 is 0. The average molecular weight is 256 g/mol. The molecule has 1 saturated heterocycles. The highest BCUT2D eigenvalue weighted by atomic mass is 16.5. The predicted octanol–water partition coefficient (Wildman–Crippen LogP) is 0.350. The lowest BCUT2D eigenvalue weighted by molar-refractivity contribution is -0.0576. The van der Waals surface area contributed by atoms with E-state index in [9.17, 15) is 9.90 Å². The molecule has 2 N–H and O–H groups in total. The maximum Gasteiger partial charge on any atom is 0.357 e. The summed E-state index contributed by atoms with van der Waals surface area (Å²) in [4.78, 5) is 16.1. The van der Waals surface area contributed by atoms with E-state index in [1.807, 2.05) is 0 Å². The zero-order valence-corrected chi connectivity index (χ0v) is 10.1. The Labute approximate surface area is 104 Å². The average Bonchev–Trinajstić information content (AvgIpc) is 2.78. The molecule has 7 heteroatoms. The molecule has 1 aliphatic rings. The number of nitrogens with zero attached hydrogens (tertiary/aromatic N) is 2. The number of carbonyl (C=O) groups is 1. The maximum atomic E-state index is 10.7. The van der Waals surface area contributed by atoms with E-state index < -0.39 is 11.6 Å². The van der Waals surface area contributed by atoms with E-state index >= 15 is 0 Å². The van der Waals surface area contributed by atoms with Gasteiger partial charge >= 0.3 is 5.97 Å². The molecular formula is C11H16N2O5. The number of carboxylic acids is 1. The van der Waals surface area contributed by atoms with Crippen LogP contribution in [0.1, 0.15) is 23.3 Å². The van der Waals surface area contributed by atoms with Gasteiger partial charge in [0.15, 0.2) is 5.69 Å². The largest absolute Gasteiger partial charge is 0.476 e. The highest BCUT2D eigenvalue weighted by Crippen LogP contribution is 2.23. The van der Waals surface area contributed by atoms with Crippen LogP contribution in [-0.4, -0.2) is 53.6 Å². The van der Waals surface area contributed by atoms with E-state index in [0.29, 0.717) is 32.6 Å². The second-order valence-corrected chi connectivity index (χ2v) is 4.51. The molecule has 18 heavy (non-hydrogen) atoms. The second-order valence-electron chi connectivity index (χ2n) is 4.51. The molecule has 1 aliphatic heterocycles. The van der Waals surface area contributed by atoms with Crippen molar-refractivity contribution in [2.45, 2.75) is 18.4 Å². The number of hydrogen-bond acceptors (Lipinski definition) is 6. The topological polar surface area (TPSA) is 96.0 Å². The third-order valence-electron chi connectivity index (χ3n) is 2.99. The minimum Gasteiger partial charge on any atom is -0.476 e. The van der Waals surface area contributed by atoms with Crippen molar-refractivity contribution in [1.29, 1.82) is 0 Å². The molecule has 0 radical (unpaired) electrons. The summed E-state index contributed by atoms with van der Waals surface area (Å²) in [6.45, 7) is 1.38. The van der Waals surface area contributed by atoms with Crippen molar-refractivity contribution in [3.8, 4) is 0 Å². The lowest BCUT2D eigenvalue weighted by Gasteiger charge is -2.34. The van der Waals surface area contributed by atoms with Crippen LogP contribution >= 0.6 is 0 Å². The van der Waals surface area contributed by atoms with Gasteiger partial charge in [-0.2, -0.15) is 4.98 Å². The fourth-order valence-electron chi connectivity index (χ4n) is 1.96. The number of aromatic nitrogens is 1. The number of likely N-dealkylation sites (N-methyl/N-ethyl adjacent to an activating group) is 1. The quantitative estimate of drug-likeness (QED) is 0.802. The standard InChI is InChI=1S/C11H16N2O5/c1-13(7-11(16)2-4-17-5-3-11)10-12-8(6-18-10)9(14)15/h6,16H,2-5,7H2,1H3,(H,14,15). The Hall–Kier alpha value is -1.60. The first-order valence-corrected chi connectivity index (χ1v) is 5.70. The molecule has 2 heterocycles. The first-order chi connectivity index (χ1) is 8.50. The van der Waals surface area contributed by atoms with E-state index in [4.69, 9.17) is 14.3 Å². The van der Waals surface area contributed by atoms with E-state index in [0.717, 1.165) is 6.26 Å². The van der Waals surface area contributed by atoms with Gasteiger partial charge in [-0.25, -0.2) is 4.79 Å². The Bertz CT molecular complexity index is 425. The molecule has 0 aromatic carbocycles. The van der Waals surface area contributed by atoms with Gasteiger partial charge in [0, 0.05) is 33.1 Å². The zero-order chi connectivity index (χ0) is 13.2. The maximum absolute atomic E-state index is 10.7. The zero-order valence-electron chi connectivity index (χ0n) is 10.1. The number of carboxylic acid groups (broad SMARTS) is 1. The summed E-state index contributed by atoms with van der Waals surface area (Å²) in [6.07, 6.45) is 2.18. The summed E-state index contributed by atoms with van der Waals surface area (Å²) in [6, 6.07) is 0.187. The monoisotopic (exact) mass is 256 g/mol. The fourth-order valence-corrected chi connectivity index (χ4v) is 1.96. The van der Waals surface area contributed by atoms with E-state index in [1.54, 1.807) is 11.9 Å².